The maximum atomic E-state index is 12.9. The van der Waals surface area contributed by atoms with Crippen LogP contribution in [0.15, 0.2) is 41.9 Å². The molecule has 2 aliphatic heterocycles. The van der Waals surface area contributed by atoms with Crippen molar-refractivity contribution in [2.24, 2.45) is 0 Å². The van der Waals surface area contributed by atoms with Gasteiger partial charge in [-0.3, -0.25) is 9.69 Å². The first-order valence-corrected chi connectivity index (χ1v) is 9.28. The van der Waals surface area contributed by atoms with Crippen LogP contribution in [-0.2, 0) is 11.3 Å². The number of carbonyl (C=O) groups excluding carboxylic acids is 2. The third-order valence-corrected chi connectivity index (χ3v) is 6.03. The molecule has 2 aromatic rings. The van der Waals surface area contributed by atoms with Gasteiger partial charge in [0.2, 0.25) is 0 Å². The Morgan fingerprint density at radius 2 is 1.88 bits per heavy atom. The standard InChI is InChI=1S/C18H20N4O2S/c1-20-15(23)18(7-10-21(11-8-18)16-19-9-12-25-16)22(17(20)24)13-14-5-3-2-4-6-14/h2-6,9,12H,7-8,10-11,13H2,1H3. The van der Waals surface area contributed by atoms with Crippen LogP contribution in [0.1, 0.15) is 18.4 Å². The Morgan fingerprint density at radius 1 is 1.16 bits per heavy atom. The Labute approximate surface area is 150 Å². The van der Waals surface area contributed by atoms with Crippen LogP contribution in [0.2, 0.25) is 0 Å². The summed E-state index contributed by atoms with van der Waals surface area (Å²) in [6.45, 7) is 1.92. The fraction of sp³-hybridized carbons (Fsp3) is 0.389. The summed E-state index contributed by atoms with van der Waals surface area (Å²) in [5.74, 6) is -0.0766. The second-order valence-electron chi connectivity index (χ2n) is 6.55. The predicted octanol–water partition coefficient (Wildman–Crippen LogP) is 2.58. The molecule has 0 unspecified atom stereocenters. The van der Waals surface area contributed by atoms with E-state index in [0.29, 0.717) is 19.4 Å². The van der Waals surface area contributed by atoms with Crippen LogP contribution in [0, 0.1) is 0 Å². The lowest BCUT2D eigenvalue weighted by atomic mass is 9.85. The first kappa shape index (κ1) is 16.1. The number of benzene rings is 1. The van der Waals surface area contributed by atoms with Gasteiger partial charge in [0.25, 0.3) is 5.91 Å². The molecular weight excluding hydrogens is 336 g/mol. The lowest BCUT2D eigenvalue weighted by molar-refractivity contribution is -0.133. The molecule has 0 aliphatic carbocycles. The van der Waals surface area contributed by atoms with Crippen molar-refractivity contribution in [3.05, 3.63) is 47.5 Å². The minimum Gasteiger partial charge on any atom is -0.348 e. The van der Waals surface area contributed by atoms with Crippen LogP contribution in [0.5, 0.6) is 0 Å². The van der Waals surface area contributed by atoms with Crippen molar-refractivity contribution in [3.63, 3.8) is 0 Å². The minimum absolute atomic E-state index is 0.0766. The maximum absolute atomic E-state index is 12.9. The highest BCUT2D eigenvalue weighted by molar-refractivity contribution is 7.13. The van der Waals surface area contributed by atoms with Crippen LogP contribution in [-0.4, -0.2) is 52.4 Å². The number of likely N-dealkylation sites (N-methyl/N-ethyl adjacent to an activating group) is 1. The molecule has 6 nitrogen and oxygen atoms in total. The topological polar surface area (TPSA) is 56.8 Å². The van der Waals surface area contributed by atoms with Gasteiger partial charge in [0.05, 0.1) is 0 Å². The summed E-state index contributed by atoms with van der Waals surface area (Å²) in [6, 6.07) is 9.66. The molecule has 130 valence electrons. The van der Waals surface area contributed by atoms with E-state index in [0.717, 1.165) is 23.8 Å². The van der Waals surface area contributed by atoms with Gasteiger partial charge in [0.1, 0.15) is 5.54 Å². The highest BCUT2D eigenvalue weighted by Crippen LogP contribution is 2.39. The molecule has 2 fully saturated rings. The van der Waals surface area contributed by atoms with E-state index in [1.54, 1.807) is 29.5 Å². The van der Waals surface area contributed by atoms with Crippen LogP contribution in [0.4, 0.5) is 9.93 Å². The molecule has 2 aliphatic rings. The Kier molecular flexibility index (Phi) is 3.95. The van der Waals surface area contributed by atoms with Crippen molar-refractivity contribution < 1.29 is 9.59 Å². The third kappa shape index (κ3) is 2.59. The quantitative estimate of drug-likeness (QED) is 0.793. The van der Waals surface area contributed by atoms with E-state index in [1.807, 2.05) is 35.7 Å². The summed E-state index contributed by atoms with van der Waals surface area (Å²) in [4.78, 5) is 35.2. The number of amides is 3. The van der Waals surface area contributed by atoms with Gasteiger partial charge >= 0.3 is 6.03 Å². The van der Waals surface area contributed by atoms with E-state index in [2.05, 4.69) is 9.88 Å². The monoisotopic (exact) mass is 356 g/mol. The van der Waals surface area contributed by atoms with Crippen molar-refractivity contribution in [2.45, 2.75) is 24.9 Å². The molecule has 1 aromatic heterocycles. The van der Waals surface area contributed by atoms with Gasteiger partial charge in [0, 0.05) is 38.3 Å². The number of anilines is 1. The molecule has 0 bridgehead atoms. The largest absolute Gasteiger partial charge is 0.348 e. The Balaban J connectivity index is 1.59. The van der Waals surface area contributed by atoms with Crippen molar-refractivity contribution in [1.29, 1.82) is 0 Å². The average Bonchev–Trinajstić information content (AvgIpc) is 3.24. The van der Waals surface area contributed by atoms with Crippen molar-refractivity contribution >= 4 is 28.4 Å². The van der Waals surface area contributed by atoms with Gasteiger partial charge in [-0.25, -0.2) is 9.78 Å². The molecule has 25 heavy (non-hydrogen) atoms. The van der Waals surface area contributed by atoms with Gasteiger partial charge in [-0.05, 0) is 18.4 Å². The zero-order valence-corrected chi connectivity index (χ0v) is 14.9. The smallest absolute Gasteiger partial charge is 0.327 e. The second kappa shape index (κ2) is 6.15. The summed E-state index contributed by atoms with van der Waals surface area (Å²) < 4.78 is 0. The predicted molar refractivity (Wildman–Crippen MR) is 96.4 cm³/mol. The maximum Gasteiger partial charge on any atom is 0.327 e. The number of urea groups is 1. The molecule has 0 saturated carbocycles. The number of nitrogens with zero attached hydrogens (tertiary/aromatic N) is 4. The number of imide groups is 1. The number of thiazole rings is 1. The van der Waals surface area contributed by atoms with Crippen LogP contribution >= 0.6 is 11.3 Å². The molecule has 7 heteroatoms. The zero-order chi connectivity index (χ0) is 17.4. The lowest BCUT2D eigenvalue weighted by Crippen LogP contribution is -2.56. The Bertz CT molecular complexity index is 770. The van der Waals surface area contributed by atoms with Gasteiger partial charge in [-0.15, -0.1) is 11.3 Å². The lowest BCUT2D eigenvalue weighted by Gasteiger charge is -2.42. The van der Waals surface area contributed by atoms with E-state index in [4.69, 9.17) is 0 Å². The second-order valence-corrected chi connectivity index (χ2v) is 7.42. The Hall–Kier alpha value is -2.41. The van der Waals surface area contributed by atoms with Gasteiger partial charge < -0.3 is 9.80 Å². The molecule has 0 atom stereocenters. The Morgan fingerprint density at radius 3 is 2.52 bits per heavy atom. The van der Waals surface area contributed by atoms with Gasteiger partial charge in [0.15, 0.2) is 5.13 Å². The van der Waals surface area contributed by atoms with Crippen molar-refractivity contribution in [3.8, 4) is 0 Å². The van der Waals surface area contributed by atoms with E-state index >= 15 is 0 Å². The fourth-order valence-corrected chi connectivity index (χ4v) is 4.48. The van der Waals surface area contributed by atoms with Crippen molar-refractivity contribution in [1.82, 2.24) is 14.8 Å². The summed E-state index contributed by atoms with van der Waals surface area (Å²) >= 11 is 1.60. The highest BCUT2D eigenvalue weighted by atomic mass is 32.1. The first-order chi connectivity index (χ1) is 12.1. The highest BCUT2D eigenvalue weighted by Gasteiger charge is 2.56. The SMILES string of the molecule is CN1C(=O)N(Cc2ccccc2)C2(CCN(c3nccs3)CC2)C1=O. The normalized spacial score (nSPS) is 20.0. The van der Waals surface area contributed by atoms with E-state index < -0.39 is 5.54 Å². The summed E-state index contributed by atoms with van der Waals surface area (Å²) in [6.07, 6.45) is 3.06. The molecule has 3 heterocycles. The molecule has 3 amide bonds. The molecule has 0 radical (unpaired) electrons. The number of hydrogen-bond acceptors (Lipinski definition) is 5. The number of piperidine rings is 1. The molecule has 4 rings (SSSR count). The van der Waals surface area contributed by atoms with Gasteiger partial charge in [-0.1, -0.05) is 30.3 Å². The number of hydrogen-bond donors (Lipinski definition) is 0. The summed E-state index contributed by atoms with van der Waals surface area (Å²) in [5.41, 5.74) is 0.316. The van der Waals surface area contributed by atoms with E-state index in [-0.39, 0.29) is 11.9 Å². The van der Waals surface area contributed by atoms with Crippen molar-refractivity contribution in [2.75, 3.05) is 25.0 Å². The first-order valence-electron chi connectivity index (χ1n) is 8.40. The van der Waals surface area contributed by atoms with E-state index in [1.165, 1.54) is 4.90 Å². The summed E-state index contributed by atoms with van der Waals surface area (Å²) in [5, 5.41) is 2.94. The zero-order valence-electron chi connectivity index (χ0n) is 14.1. The molecule has 1 spiro atoms. The minimum atomic E-state index is -0.727. The van der Waals surface area contributed by atoms with Crippen LogP contribution in [0.25, 0.3) is 0 Å². The van der Waals surface area contributed by atoms with Crippen LogP contribution < -0.4 is 4.90 Å². The average molecular weight is 356 g/mol. The molecular formula is C18H20N4O2S. The number of aromatic nitrogens is 1. The molecule has 0 N–H and O–H groups in total. The fourth-order valence-electron chi connectivity index (χ4n) is 3.79. The molecule has 2 saturated heterocycles. The number of rotatable bonds is 3. The third-order valence-electron chi connectivity index (χ3n) is 5.20. The summed E-state index contributed by atoms with van der Waals surface area (Å²) in [7, 11) is 1.59. The number of carbonyl (C=O) groups is 2. The van der Waals surface area contributed by atoms with E-state index in [9.17, 15) is 9.59 Å². The van der Waals surface area contributed by atoms with Gasteiger partial charge in [-0.2, -0.15) is 0 Å². The van der Waals surface area contributed by atoms with Crippen LogP contribution in [0.3, 0.4) is 0 Å². The molecule has 1 aromatic carbocycles.